The summed E-state index contributed by atoms with van der Waals surface area (Å²) in [7, 11) is -1.86. The molecule has 0 aromatic heterocycles. The van der Waals surface area contributed by atoms with E-state index < -0.39 is 15.8 Å². The SMILES string of the molecule is CN1CCCC1CNS(=O)(=O)c1ccc(CN)cc1F. The molecule has 7 heteroatoms. The van der Waals surface area contributed by atoms with Crippen LogP contribution in [0.4, 0.5) is 4.39 Å². The summed E-state index contributed by atoms with van der Waals surface area (Å²) in [6.07, 6.45) is 2.01. The molecule has 5 nitrogen and oxygen atoms in total. The molecule has 0 spiro atoms. The van der Waals surface area contributed by atoms with Crippen LogP contribution in [0.1, 0.15) is 18.4 Å². The minimum absolute atomic E-state index is 0.177. The molecule has 1 aromatic rings. The fourth-order valence-corrected chi connectivity index (χ4v) is 3.54. The van der Waals surface area contributed by atoms with Crippen molar-refractivity contribution in [2.45, 2.75) is 30.3 Å². The third kappa shape index (κ3) is 3.35. The van der Waals surface area contributed by atoms with Gasteiger partial charge in [-0.2, -0.15) is 0 Å². The van der Waals surface area contributed by atoms with Crippen molar-refractivity contribution in [2.24, 2.45) is 5.73 Å². The lowest BCUT2D eigenvalue weighted by Crippen LogP contribution is -2.38. The van der Waals surface area contributed by atoms with Crippen molar-refractivity contribution in [1.29, 1.82) is 0 Å². The Morgan fingerprint density at radius 2 is 2.25 bits per heavy atom. The van der Waals surface area contributed by atoms with Gasteiger partial charge in [-0.05, 0) is 44.1 Å². The average molecular weight is 301 g/mol. The molecule has 0 amide bonds. The average Bonchev–Trinajstić information content (AvgIpc) is 2.81. The molecular formula is C13H20FN3O2S. The zero-order valence-corrected chi connectivity index (χ0v) is 12.3. The van der Waals surface area contributed by atoms with Crippen molar-refractivity contribution in [3.63, 3.8) is 0 Å². The maximum atomic E-state index is 13.8. The van der Waals surface area contributed by atoms with Gasteiger partial charge in [-0.15, -0.1) is 0 Å². The van der Waals surface area contributed by atoms with Crippen LogP contribution >= 0.6 is 0 Å². The van der Waals surface area contributed by atoms with Crippen LogP contribution < -0.4 is 10.5 Å². The monoisotopic (exact) mass is 301 g/mol. The quantitative estimate of drug-likeness (QED) is 0.837. The van der Waals surface area contributed by atoms with Gasteiger partial charge in [-0.1, -0.05) is 6.07 Å². The van der Waals surface area contributed by atoms with Crippen molar-refractivity contribution in [3.8, 4) is 0 Å². The molecule has 20 heavy (non-hydrogen) atoms. The molecule has 2 rings (SSSR count). The predicted molar refractivity (Wildman–Crippen MR) is 75.1 cm³/mol. The van der Waals surface area contributed by atoms with Gasteiger partial charge in [0, 0.05) is 19.1 Å². The molecule has 3 N–H and O–H groups in total. The number of hydrogen-bond donors (Lipinski definition) is 2. The molecule has 1 atom stereocenters. The fraction of sp³-hybridized carbons (Fsp3) is 0.538. The predicted octanol–water partition coefficient (Wildman–Crippen LogP) is 0.657. The molecule has 0 bridgehead atoms. The normalized spacial score (nSPS) is 20.4. The number of nitrogens with two attached hydrogens (primary N) is 1. The Balaban J connectivity index is 2.10. The van der Waals surface area contributed by atoms with Crippen LogP contribution in [-0.4, -0.2) is 39.5 Å². The maximum Gasteiger partial charge on any atom is 0.243 e. The van der Waals surface area contributed by atoms with Crippen LogP contribution in [0.3, 0.4) is 0 Å². The summed E-state index contributed by atoms with van der Waals surface area (Å²) in [5.41, 5.74) is 5.96. The summed E-state index contributed by atoms with van der Waals surface area (Å²) in [5, 5.41) is 0. The highest BCUT2D eigenvalue weighted by Crippen LogP contribution is 2.18. The lowest BCUT2D eigenvalue weighted by atomic mass is 10.2. The first-order chi connectivity index (χ1) is 9.44. The van der Waals surface area contributed by atoms with E-state index in [4.69, 9.17) is 5.73 Å². The largest absolute Gasteiger partial charge is 0.326 e. The van der Waals surface area contributed by atoms with Crippen molar-refractivity contribution in [3.05, 3.63) is 29.6 Å². The Hall–Kier alpha value is -1.02. The van der Waals surface area contributed by atoms with Crippen LogP contribution in [-0.2, 0) is 16.6 Å². The highest BCUT2D eigenvalue weighted by Gasteiger charge is 2.25. The number of rotatable bonds is 5. The van der Waals surface area contributed by atoms with Crippen molar-refractivity contribution in [2.75, 3.05) is 20.1 Å². The zero-order valence-electron chi connectivity index (χ0n) is 11.5. The number of nitrogens with zero attached hydrogens (tertiary/aromatic N) is 1. The van der Waals surface area contributed by atoms with Crippen LogP contribution in [0.15, 0.2) is 23.1 Å². The Bertz CT molecular complexity index is 577. The standard InChI is InChI=1S/C13H20FN3O2S/c1-17-6-2-3-11(17)9-16-20(18,19)13-5-4-10(8-15)7-12(13)14/h4-5,7,11,16H,2-3,6,8-9,15H2,1H3. The molecule has 0 aliphatic carbocycles. The van der Waals surface area contributed by atoms with Crippen LogP contribution in [0, 0.1) is 5.82 Å². The third-order valence-corrected chi connectivity index (χ3v) is 5.16. The van der Waals surface area contributed by atoms with Gasteiger partial charge in [0.15, 0.2) is 0 Å². The van der Waals surface area contributed by atoms with Gasteiger partial charge in [0.2, 0.25) is 10.0 Å². The molecule has 1 aliphatic heterocycles. The Morgan fingerprint density at radius 3 is 2.80 bits per heavy atom. The summed E-state index contributed by atoms with van der Waals surface area (Å²) >= 11 is 0. The van der Waals surface area contributed by atoms with E-state index in [0.29, 0.717) is 12.1 Å². The zero-order chi connectivity index (χ0) is 14.8. The molecule has 1 aromatic carbocycles. The second kappa shape index (κ2) is 6.17. The smallest absolute Gasteiger partial charge is 0.243 e. The lowest BCUT2D eigenvalue weighted by Gasteiger charge is -2.19. The van der Waals surface area contributed by atoms with E-state index in [1.54, 1.807) is 0 Å². The number of likely N-dealkylation sites (tertiary alicyclic amines) is 1. The second-order valence-electron chi connectivity index (χ2n) is 5.10. The van der Waals surface area contributed by atoms with Crippen LogP contribution in [0.5, 0.6) is 0 Å². The molecule has 1 saturated heterocycles. The van der Waals surface area contributed by atoms with Crippen molar-refractivity contribution >= 4 is 10.0 Å². The second-order valence-corrected chi connectivity index (χ2v) is 6.83. The molecule has 1 heterocycles. The first-order valence-corrected chi connectivity index (χ1v) is 8.11. The number of halogens is 1. The summed E-state index contributed by atoms with van der Waals surface area (Å²) in [6.45, 7) is 1.44. The number of hydrogen-bond acceptors (Lipinski definition) is 4. The van der Waals surface area contributed by atoms with E-state index >= 15 is 0 Å². The van der Waals surface area contributed by atoms with E-state index in [1.165, 1.54) is 12.1 Å². The molecule has 0 saturated carbocycles. The molecule has 1 unspecified atom stereocenters. The number of nitrogens with one attached hydrogen (secondary N) is 1. The molecule has 112 valence electrons. The van der Waals surface area contributed by atoms with Gasteiger partial charge in [-0.3, -0.25) is 0 Å². The van der Waals surface area contributed by atoms with Gasteiger partial charge in [0.1, 0.15) is 10.7 Å². The van der Waals surface area contributed by atoms with Crippen molar-refractivity contribution < 1.29 is 12.8 Å². The van der Waals surface area contributed by atoms with Gasteiger partial charge < -0.3 is 10.6 Å². The highest BCUT2D eigenvalue weighted by atomic mass is 32.2. The molecular weight excluding hydrogens is 281 g/mol. The van der Waals surface area contributed by atoms with E-state index in [-0.39, 0.29) is 17.5 Å². The summed E-state index contributed by atoms with van der Waals surface area (Å²) in [4.78, 5) is 1.78. The third-order valence-electron chi connectivity index (χ3n) is 3.70. The number of likely N-dealkylation sites (N-methyl/N-ethyl adjacent to an activating group) is 1. The highest BCUT2D eigenvalue weighted by molar-refractivity contribution is 7.89. The fourth-order valence-electron chi connectivity index (χ4n) is 2.41. The lowest BCUT2D eigenvalue weighted by molar-refractivity contribution is 0.310. The van der Waals surface area contributed by atoms with Gasteiger partial charge >= 0.3 is 0 Å². The Labute approximate surface area is 119 Å². The van der Waals surface area contributed by atoms with Crippen LogP contribution in [0.2, 0.25) is 0 Å². The van der Waals surface area contributed by atoms with Gasteiger partial charge in [0.25, 0.3) is 0 Å². The van der Waals surface area contributed by atoms with Gasteiger partial charge in [0.05, 0.1) is 0 Å². The summed E-state index contributed by atoms with van der Waals surface area (Å²) in [5.74, 6) is -0.764. The molecule has 1 fully saturated rings. The van der Waals surface area contributed by atoms with E-state index in [0.717, 1.165) is 25.5 Å². The van der Waals surface area contributed by atoms with Crippen molar-refractivity contribution in [1.82, 2.24) is 9.62 Å². The van der Waals surface area contributed by atoms with Gasteiger partial charge in [-0.25, -0.2) is 17.5 Å². The van der Waals surface area contributed by atoms with E-state index in [2.05, 4.69) is 9.62 Å². The van der Waals surface area contributed by atoms with E-state index in [1.807, 2.05) is 7.05 Å². The number of benzene rings is 1. The van der Waals surface area contributed by atoms with Crippen LogP contribution in [0.25, 0.3) is 0 Å². The maximum absolute atomic E-state index is 13.8. The topological polar surface area (TPSA) is 75.4 Å². The summed E-state index contributed by atoms with van der Waals surface area (Å²) in [6, 6.07) is 4.13. The number of sulfonamides is 1. The Morgan fingerprint density at radius 1 is 1.50 bits per heavy atom. The summed E-state index contributed by atoms with van der Waals surface area (Å²) < 4.78 is 40.5. The first kappa shape index (κ1) is 15.4. The minimum Gasteiger partial charge on any atom is -0.326 e. The molecule has 1 aliphatic rings. The molecule has 0 radical (unpaired) electrons. The Kier molecular flexibility index (Phi) is 4.74. The first-order valence-electron chi connectivity index (χ1n) is 6.62. The minimum atomic E-state index is -3.82. The van der Waals surface area contributed by atoms with E-state index in [9.17, 15) is 12.8 Å².